The highest BCUT2D eigenvalue weighted by atomic mass is 19.1. The maximum absolute atomic E-state index is 13.8. The Bertz CT molecular complexity index is 1220. The Morgan fingerprint density at radius 3 is 2.38 bits per heavy atom. The molecule has 10 heteroatoms. The van der Waals surface area contributed by atoms with E-state index in [9.17, 15) is 24.0 Å². The zero-order chi connectivity index (χ0) is 29.1. The number of nitrogens with zero attached hydrogens (tertiary/aromatic N) is 4. The molecule has 1 aromatic rings. The van der Waals surface area contributed by atoms with Crippen molar-refractivity contribution in [3.63, 3.8) is 0 Å². The molecule has 1 aliphatic carbocycles. The molecule has 4 fully saturated rings. The van der Waals surface area contributed by atoms with E-state index in [1.807, 2.05) is 9.80 Å². The molecule has 3 aliphatic heterocycles. The van der Waals surface area contributed by atoms with Crippen LogP contribution < -0.4 is 5.32 Å². The molecule has 216 valence electrons. The minimum atomic E-state index is -0.943. The first-order valence-electron chi connectivity index (χ1n) is 14.2. The first-order valence-corrected chi connectivity index (χ1v) is 14.2. The van der Waals surface area contributed by atoms with E-state index in [1.54, 1.807) is 37.8 Å². The predicted molar refractivity (Wildman–Crippen MR) is 145 cm³/mol. The van der Waals surface area contributed by atoms with Crippen molar-refractivity contribution in [2.75, 3.05) is 13.1 Å². The number of piperidine rings is 1. The summed E-state index contributed by atoms with van der Waals surface area (Å²) < 4.78 is 19.1. The molecule has 1 N–H and O–H groups in total. The minimum absolute atomic E-state index is 0.0257. The van der Waals surface area contributed by atoms with Crippen molar-refractivity contribution >= 4 is 17.9 Å². The van der Waals surface area contributed by atoms with Gasteiger partial charge in [-0.3, -0.25) is 14.5 Å². The molecule has 2 bridgehead atoms. The van der Waals surface area contributed by atoms with Crippen molar-refractivity contribution in [1.29, 1.82) is 5.26 Å². The molecule has 0 unspecified atom stereocenters. The molecule has 7 atom stereocenters. The number of nitrogens with one attached hydrogen (secondary N) is 1. The average molecular weight is 554 g/mol. The Hall–Kier alpha value is -3.19. The molecule has 3 heterocycles. The standard InChI is InChI=1S/C30H40FN5O4/c1-29(2,3)25(17-7-9-19(31)10-8-17)36-21-13-24(27(36)38)34(15-21)16-22(33-28(39)40-30(4,5)6)26(37)35-20(14-32)11-18-12-23(18)35/h7-10,18,20-25H,11-13,15-16H2,1-6H3,(H,33,39)/t18-,20+,21-,22+,23+,24-,25-/m1/s1. The maximum atomic E-state index is 13.8. The van der Waals surface area contributed by atoms with Crippen molar-refractivity contribution < 1.29 is 23.5 Å². The second-order valence-electron chi connectivity index (χ2n) is 13.8. The number of carbonyl (C=O) groups is 3. The van der Waals surface area contributed by atoms with Crippen LogP contribution in [0.3, 0.4) is 0 Å². The Balaban J connectivity index is 1.35. The SMILES string of the molecule is CC(C)(C)OC(=O)N[C@@H](CN1C[C@H]2C[C@@H]1C(=O)N2[C@H](c1ccc(F)cc1)C(C)(C)C)C(=O)N1[C@H](C#N)C[C@@H]2C[C@@H]21. The van der Waals surface area contributed by atoms with Crippen LogP contribution in [0.2, 0.25) is 0 Å². The lowest BCUT2D eigenvalue weighted by Gasteiger charge is -2.45. The van der Waals surface area contributed by atoms with Crippen LogP contribution >= 0.6 is 0 Å². The van der Waals surface area contributed by atoms with Gasteiger partial charge in [-0.15, -0.1) is 0 Å². The van der Waals surface area contributed by atoms with E-state index in [0.29, 0.717) is 25.3 Å². The molecular formula is C30H40FN5O4. The van der Waals surface area contributed by atoms with E-state index in [0.717, 1.165) is 12.0 Å². The van der Waals surface area contributed by atoms with Crippen LogP contribution in [0.5, 0.6) is 0 Å². The van der Waals surface area contributed by atoms with Crippen LogP contribution in [0.15, 0.2) is 24.3 Å². The second-order valence-corrected chi connectivity index (χ2v) is 13.8. The van der Waals surface area contributed by atoms with Crippen LogP contribution in [-0.2, 0) is 14.3 Å². The molecule has 1 saturated carbocycles. The summed E-state index contributed by atoms with van der Waals surface area (Å²) in [5.41, 5.74) is -0.146. The normalized spacial score (nSPS) is 29.1. The van der Waals surface area contributed by atoms with E-state index in [4.69, 9.17) is 4.74 Å². The van der Waals surface area contributed by atoms with Gasteiger partial charge in [0, 0.05) is 25.2 Å². The number of rotatable bonds is 6. The second kappa shape index (κ2) is 10.0. The van der Waals surface area contributed by atoms with E-state index >= 15 is 0 Å². The Labute approximate surface area is 235 Å². The lowest BCUT2D eigenvalue weighted by atomic mass is 9.80. The summed E-state index contributed by atoms with van der Waals surface area (Å²) in [4.78, 5) is 46.0. The molecule has 0 spiro atoms. The van der Waals surface area contributed by atoms with E-state index in [2.05, 4.69) is 32.2 Å². The molecule has 4 aliphatic rings. The highest BCUT2D eigenvalue weighted by Crippen LogP contribution is 2.48. The number of fused-ring (bicyclic) bond motifs is 3. The lowest BCUT2D eigenvalue weighted by molar-refractivity contribution is -0.144. The number of likely N-dealkylation sites (tertiary alicyclic amines) is 3. The molecular weight excluding hydrogens is 513 g/mol. The van der Waals surface area contributed by atoms with Crippen LogP contribution in [-0.4, -0.2) is 81.5 Å². The van der Waals surface area contributed by atoms with Crippen molar-refractivity contribution in [3.8, 4) is 6.07 Å². The summed E-state index contributed by atoms with van der Waals surface area (Å²) in [5.74, 6) is -0.302. The number of alkyl carbamates (subject to hydrolysis) is 1. The van der Waals surface area contributed by atoms with Gasteiger partial charge in [-0.2, -0.15) is 5.26 Å². The zero-order valence-electron chi connectivity index (χ0n) is 24.2. The fourth-order valence-corrected chi connectivity index (χ4v) is 6.89. The Kier molecular flexibility index (Phi) is 7.10. The third kappa shape index (κ3) is 5.40. The molecule has 1 aromatic carbocycles. The number of amides is 3. The summed E-state index contributed by atoms with van der Waals surface area (Å²) in [5, 5.41) is 12.4. The predicted octanol–water partition coefficient (Wildman–Crippen LogP) is 3.60. The van der Waals surface area contributed by atoms with Crippen molar-refractivity contribution in [3.05, 3.63) is 35.6 Å². The summed E-state index contributed by atoms with van der Waals surface area (Å²) in [6, 6.07) is 6.44. The van der Waals surface area contributed by atoms with E-state index in [-0.39, 0.29) is 47.7 Å². The van der Waals surface area contributed by atoms with Gasteiger partial charge < -0.3 is 19.9 Å². The van der Waals surface area contributed by atoms with Crippen LogP contribution in [0, 0.1) is 28.5 Å². The molecule has 40 heavy (non-hydrogen) atoms. The third-order valence-electron chi connectivity index (χ3n) is 8.51. The topological polar surface area (TPSA) is 106 Å². The number of hydrogen-bond donors (Lipinski definition) is 1. The fraction of sp³-hybridized carbons (Fsp3) is 0.667. The first kappa shape index (κ1) is 28.3. The lowest BCUT2D eigenvalue weighted by Crippen LogP contribution is -2.60. The van der Waals surface area contributed by atoms with E-state index in [1.165, 1.54) is 12.1 Å². The summed E-state index contributed by atoms with van der Waals surface area (Å²) >= 11 is 0. The molecule has 3 amide bonds. The molecule has 0 aromatic heterocycles. The van der Waals surface area contributed by atoms with Gasteiger partial charge in [0.1, 0.15) is 23.5 Å². The summed E-state index contributed by atoms with van der Waals surface area (Å²) in [6.07, 6.45) is 1.45. The molecule has 0 radical (unpaired) electrons. The van der Waals surface area contributed by atoms with E-state index < -0.39 is 29.8 Å². The number of hydrogen-bond acceptors (Lipinski definition) is 6. The molecule has 3 saturated heterocycles. The Morgan fingerprint density at radius 1 is 1.12 bits per heavy atom. The average Bonchev–Trinajstić information content (AvgIpc) is 3.17. The monoisotopic (exact) mass is 553 g/mol. The summed E-state index contributed by atoms with van der Waals surface area (Å²) in [7, 11) is 0. The Morgan fingerprint density at radius 2 is 1.80 bits per heavy atom. The number of benzene rings is 1. The number of piperazine rings is 1. The number of halogens is 1. The van der Waals surface area contributed by atoms with Gasteiger partial charge >= 0.3 is 6.09 Å². The third-order valence-corrected chi connectivity index (χ3v) is 8.51. The molecule has 9 nitrogen and oxygen atoms in total. The number of ether oxygens (including phenoxy) is 1. The van der Waals surface area contributed by atoms with Crippen molar-refractivity contribution in [2.24, 2.45) is 11.3 Å². The summed E-state index contributed by atoms with van der Waals surface area (Å²) in [6.45, 7) is 12.2. The number of carbonyl (C=O) groups excluding carboxylic acids is 3. The first-order chi connectivity index (χ1) is 18.7. The quantitative estimate of drug-likeness (QED) is 0.577. The van der Waals surface area contributed by atoms with Crippen LogP contribution in [0.25, 0.3) is 0 Å². The van der Waals surface area contributed by atoms with Gasteiger partial charge in [0.25, 0.3) is 0 Å². The van der Waals surface area contributed by atoms with Crippen LogP contribution in [0.4, 0.5) is 9.18 Å². The fourth-order valence-electron chi connectivity index (χ4n) is 6.89. The smallest absolute Gasteiger partial charge is 0.408 e. The minimum Gasteiger partial charge on any atom is -0.444 e. The van der Waals surface area contributed by atoms with Gasteiger partial charge in [0.05, 0.1) is 18.2 Å². The van der Waals surface area contributed by atoms with Gasteiger partial charge in [0.15, 0.2) is 0 Å². The van der Waals surface area contributed by atoms with Gasteiger partial charge in [-0.05, 0) is 69.1 Å². The van der Waals surface area contributed by atoms with Crippen molar-refractivity contribution in [2.45, 2.75) is 103 Å². The molecule has 5 rings (SSSR count). The van der Waals surface area contributed by atoms with Gasteiger partial charge in [0.2, 0.25) is 11.8 Å². The van der Waals surface area contributed by atoms with Gasteiger partial charge in [-0.1, -0.05) is 32.9 Å². The van der Waals surface area contributed by atoms with Crippen LogP contribution in [0.1, 0.15) is 72.4 Å². The highest BCUT2D eigenvalue weighted by Gasteiger charge is 2.57. The highest BCUT2D eigenvalue weighted by molar-refractivity contribution is 5.89. The van der Waals surface area contributed by atoms with Gasteiger partial charge in [-0.25, -0.2) is 9.18 Å². The number of nitriles is 1. The van der Waals surface area contributed by atoms with Crippen molar-refractivity contribution in [1.82, 2.24) is 20.0 Å². The maximum Gasteiger partial charge on any atom is 0.408 e. The zero-order valence-corrected chi connectivity index (χ0v) is 24.2. The largest absolute Gasteiger partial charge is 0.444 e.